The number of nitrogens with zero attached hydrogens (tertiary/aromatic N) is 3. The van der Waals surface area contributed by atoms with E-state index in [9.17, 15) is 13.2 Å². The van der Waals surface area contributed by atoms with E-state index >= 15 is 0 Å². The minimum absolute atomic E-state index is 0.0735. The van der Waals surface area contributed by atoms with Gasteiger partial charge in [0.05, 0.1) is 21.3 Å². The van der Waals surface area contributed by atoms with Crippen molar-refractivity contribution in [3.8, 4) is 0 Å². The van der Waals surface area contributed by atoms with Crippen LogP contribution in [0.25, 0.3) is 0 Å². The smallest absolute Gasteiger partial charge is 0.279 e. The molecular weight excluding hydrogens is 410 g/mol. The molecule has 0 radical (unpaired) electrons. The van der Waals surface area contributed by atoms with Crippen LogP contribution >= 0.6 is 23.8 Å². The predicted molar refractivity (Wildman–Crippen MR) is 108 cm³/mol. The number of carbonyl (C=O) groups excluding carboxylic acids is 1. The van der Waals surface area contributed by atoms with Crippen LogP contribution in [-0.4, -0.2) is 32.2 Å². The molecule has 0 aromatic heterocycles. The number of hydrogen-bond acceptors (Lipinski definition) is 5. The Morgan fingerprint density at radius 1 is 1.22 bits per heavy atom. The lowest BCUT2D eigenvalue weighted by molar-refractivity contribution is -0.111. The van der Waals surface area contributed by atoms with Gasteiger partial charge >= 0.3 is 0 Å². The molecule has 0 saturated heterocycles. The summed E-state index contributed by atoms with van der Waals surface area (Å²) in [5.74, 6) is -0.375. The Bertz CT molecular complexity index is 1080. The van der Waals surface area contributed by atoms with Crippen LogP contribution in [0.3, 0.4) is 0 Å². The number of benzene rings is 2. The molecule has 0 unspecified atom stereocenters. The number of primary sulfonamides is 1. The van der Waals surface area contributed by atoms with Crippen molar-refractivity contribution in [2.75, 3.05) is 17.0 Å². The molecule has 0 saturated carbocycles. The SMILES string of the molecule is CN1C(=O)/C(=N\N(C(N)=S)c2ccc(S(N)(=O)=O)cc2)c2cccc(Cl)c21. The zero-order valence-corrected chi connectivity index (χ0v) is 16.3. The highest BCUT2D eigenvalue weighted by Crippen LogP contribution is 2.35. The molecular formula is C16H14ClN5O3S2. The van der Waals surface area contributed by atoms with Crippen molar-refractivity contribution in [1.82, 2.24) is 0 Å². The molecule has 1 amide bonds. The maximum atomic E-state index is 12.6. The summed E-state index contributed by atoms with van der Waals surface area (Å²) < 4.78 is 22.8. The molecule has 0 atom stereocenters. The molecule has 11 heteroatoms. The van der Waals surface area contributed by atoms with E-state index in [-0.39, 0.29) is 21.6 Å². The van der Waals surface area contributed by atoms with Gasteiger partial charge in [0.2, 0.25) is 10.0 Å². The second-order valence-corrected chi connectivity index (χ2v) is 8.02. The molecule has 2 aromatic carbocycles. The third kappa shape index (κ3) is 3.52. The van der Waals surface area contributed by atoms with Crippen LogP contribution in [0.5, 0.6) is 0 Å². The number of thiocarbonyl (C=S) groups is 1. The van der Waals surface area contributed by atoms with Gasteiger partial charge in [0.1, 0.15) is 0 Å². The summed E-state index contributed by atoms with van der Waals surface area (Å²) in [6.45, 7) is 0. The van der Waals surface area contributed by atoms with Crippen LogP contribution in [0.2, 0.25) is 5.02 Å². The summed E-state index contributed by atoms with van der Waals surface area (Å²) in [4.78, 5) is 13.9. The molecule has 0 aliphatic carbocycles. The Morgan fingerprint density at radius 2 is 1.85 bits per heavy atom. The average molecular weight is 424 g/mol. The van der Waals surface area contributed by atoms with Gasteiger partial charge in [-0.2, -0.15) is 5.10 Å². The second kappa shape index (κ2) is 6.89. The van der Waals surface area contributed by atoms with Gasteiger partial charge in [-0.15, -0.1) is 0 Å². The quantitative estimate of drug-likeness (QED) is 0.568. The number of para-hydroxylation sites is 1. The molecule has 8 nitrogen and oxygen atoms in total. The first-order chi connectivity index (χ1) is 12.6. The molecule has 0 bridgehead atoms. The van der Waals surface area contributed by atoms with Crippen LogP contribution in [0.1, 0.15) is 5.56 Å². The maximum Gasteiger partial charge on any atom is 0.279 e. The molecule has 0 spiro atoms. The number of rotatable bonds is 3. The molecule has 1 aliphatic rings. The normalized spacial score (nSPS) is 15.1. The number of nitrogens with two attached hydrogens (primary N) is 2. The Hall–Kier alpha value is -2.53. The molecule has 2 aromatic rings. The highest BCUT2D eigenvalue weighted by Gasteiger charge is 2.34. The zero-order valence-electron chi connectivity index (χ0n) is 14.0. The van der Waals surface area contributed by atoms with Gasteiger partial charge in [0.15, 0.2) is 10.8 Å². The second-order valence-electron chi connectivity index (χ2n) is 5.64. The van der Waals surface area contributed by atoms with Crippen molar-refractivity contribution in [2.24, 2.45) is 16.0 Å². The number of carbonyl (C=O) groups is 1. The van der Waals surface area contributed by atoms with Crippen LogP contribution in [-0.2, 0) is 14.8 Å². The summed E-state index contributed by atoms with van der Waals surface area (Å²) in [5, 5.41) is 10.8. The molecule has 1 heterocycles. The van der Waals surface area contributed by atoms with Crippen molar-refractivity contribution < 1.29 is 13.2 Å². The third-order valence-corrected chi connectivity index (χ3v) is 5.31. The van der Waals surface area contributed by atoms with Crippen LogP contribution in [0.15, 0.2) is 52.5 Å². The molecule has 1 aliphatic heterocycles. The monoisotopic (exact) mass is 423 g/mol. The van der Waals surface area contributed by atoms with E-state index in [1.165, 1.54) is 34.2 Å². The van der Waals surface area contributed by atoms with Gasteiger partial charge in [-0.05, 0) is 42.5 Å². The fraction of sp³-hybridized carbons (Fsp3) is 0.0625. The van der Waals surface area contributed by atoms with E-state index in [1.807, 2.05) is 0 Å². The molecule has 3 rings (SSSR count). The first kappa shape index (κ1) is 19.2. The number of likely N-dealkylation sites (N-methyl/N-ethyl adjacent to an activating group) is 1. The van der Waals surface area contributed by atoms with E-state index in [4.69, 9.17) is 34.7 Å². The van der Waals surface area contributed by atoms with Crippen LogP contribution < -0.4 is 20.8 Å². The number of amides is 1. The summed E-state index contributed by atoms with van der Waals surface area (Å²) >= 11 is 11.2. The lowest BCUT2D eigenvalue weighted by Crippen LogP contribution is -2.34. The standard InChI is InChI=1S/C16H14ClN5O3S2/c1-21-14-11(3-2-4-12(14)17)13(15(21)23)20-22(16(18)26)9-5-7-10(8-6-9)27(19,24)25/h2-8H,1H3,(H2,18,26)(H2,19,24,25)/b20-13-. The van der Waals surface area contributed by atoms with Crippen molar-refractivity contribution in [2.45, 2.75) is 4.90 Å². The number of anilines is 2. The van der Waals surface area contributed by atoms with E-state index in [0.717, 1.165) is 0 Å². The average Bonchev–Trinajstić information content (AvgIpc) is 2.84. The van der Waals surface area contributed by atoms with Gasteiger partial charge in [-0.3, -0.25) is 4.79 Å². The van der Waals surface area contributed by atoms with Crippen LogP contribution in [0.4, 0.5) is 11.4 Å². The van der Waals surface area contributed by atoms with Crippen molar-refractivity contribution >= 4 is 61.9 Å². The van der Waals surface area contributed by atoms with Gasteiger partial charge in [-0.1, -0.05) is 23.7 Å². The third-order valence-electron chi connectivity index (χ3n) is 3.90. The molecule has 4 N–H and O–H groups in total. The lowest BCUT2D eigenvalue weighted by Gasteiger charge is -2.18. The number of halogens is 1. The number of hydrazone groups is 1. The Balaban J connectivity index is 2.09. The lowest BCUT2D eigenvalue weighted by atomic mass is 10.1. The Kier molecular flexibility index (Phi) is 4.91. The van der Waals surface area contributed by atoms with E-state index in [1.54, 1.807) is 25.2 Å². The minimum Gasteiger partial charge on any atom is -0.374 e. The van der Waals surface area contributed by atoms with Crippen molar-refractivity contribution in [1.29, 1.82) is 0 Å². The van der Waals surface area contributed by atoms with E-state index in [0.29, 0.717) is 22.0 Å². The molecule has 27 heavy (non-hydrogen) atoms. The first-order valence-corrected chi connectivity index (χ1v) is 9.82. The zero-order chi connectivity index (χ0) is 19.9. The maximum absolute atomic E-state index is 12.6. The fourth-order valence-corrected chi connectivity index (χ4v) is 3.59. The van der Waals surface area contributed by atoms with Crippen molar-refractivity contribution in [3.63, 3.8) is 0 Å². The van der Waals surface area contributed by atoms with Crippen LogP contribution in [0, 0.1) is 0 Å². The number of fused-ring (bicyclic) bond motifs is 1. The molecule has 140 valence electrons. The topological polar surface area (TPSA) is 122 Å². The highest BCUT2D eigenvalue weighted by molar-refractivity contribution is 7.89. The summed E-state index contributed by atoms with van der Waals surface area (Å²) in [7, 11) is -2.26. The van der Waals surface area contributed by atoms with E-state index in [2.05, 4.69) is 5.10 Å². The first-order valence-electron chi connectivity index (χ1n) is 7.49. The minimum atomic E-state index is -3.84. The van der Waals surface area contributed by atoms with Gasteiger partial charge in [-0.25, -0.2) is 18.6 Å². The Morgan fingerprint density at radius 3 is 2.41 bits per heavy atom. The fourth-order valence-electron chi connectivity index (χ4n) is 2.63. The van der Waals surface area contributed by atoms with E-state index < -0.39 is 10.0 Å². The largest absolute Gasteiger partial charge is 0.374 e. The summed E-state index contributed by atoms with van der Waals surface area (Å²) in [6.07, 6.45) is 0. The highest BCUT2D eigenvalue weighted by atomic mass is 35.5. The predicted octanol–water partition coefficient (Wildman–Crippen LogP) is 1.42. The number of sulfonamides is 1. The van der Waals surface area contributed by atoms with Gasteiger partial charge < -0.3 is 10.6 Å². The molecule has 0 fully saturated rings. The van der Waals surface area contributed by atoms with Gasteiger partial charge in [0, 0.05) is 12.6 Å². The van der Waals surface area contributed by atoms with Crippen molar-refractivity contribution in [3.05, 3.63) is 53.1 Å². The number of hydrogen-bond donors (Lipinski definition) is 2. The Labute approximate surface area is 166 Å². The van der Waals surface area contributed by atoms with Gasteiger partial charge in [0.25, 0.3) is 5.91 Å². The summed E-state index contributed by atoms with van der Waals surface area (Å²) in [5.41, 5.74) is 7.31. The summed E-state index contributed by atoms with van der Waals surface area (Å²) in [6, 6.07) is 10.5.